The number of nitrogens with one attached hydrogen (secondary N) is 3. The number of carbonyl (C=O) groups excluding carboxylic acids is 1. The molecule has 2 heterocycles. The summed E-state index contributed by atoms with van der Waals surface area (Å²) in [7, 11) is 0. The number of pyridine rings is 1. The molecule has 1 saturated carbocycles. The average molecular weight is 382 g/mol. The number of hydrogen-bond acceptors (Lipinski definition) is 6. The Bertz CT molecular complexity index is 853. The molecule has 7 heteroatoms. The van der Waals surface area contributed by atoms with Crippen molar-refractivity contribution >= 4 is 11.6 Å². The van der Waals surface area contributed by atoms with Crippen LogP contribution in [0, 0.1) is 0 Å². The van der Waals surface area contributed by atoms with Gasteiger partial charge in [-0.1, -0.05) is 6.07 Å². The van der Waals surface area contributed by atoms with E-state index in [1.165, 1.54) is 6.42 Å². The summed E-state index contributed by atoms with van der Waals surface area (Å²) in [6.07, 6.45) is 5.12. The lowest BCUT2D eigenvalue weighted by atomic mass is 9.92. The van der Waals surface area contributed by atoms with E-state index in [1.54, 1.807) is 24.4 Å². The van der Waals surface area contributed by atoms with Crippen LogP contribution in [-0.4, -0.2) is 45.8 Å². The molecule has 2 aliphatic rings. The highest BCUT2D eigenvalue weighted by Crippen LogP contribution is 2.24. The number of carbonyl (C=O) groups is 1. The second-order valence-electron chi connectivity index (χ2n) is 7.62. The van der Waals surface area contributed by atoms with Crippen LogP contribution in [0.5, 0.6) is 5.75 Å². The summed E-state index contributed by atoms with van der Waals surface area (Å²) >= 11 is 0. The van der Waals surface area contributed by atoms with Crippen molar-refractivity contribution < 1.29 is 15.0 Å². The van der Waals surface area contributed by atoms with Gasteiger partial charge in [0.05, 0.1) is 6.10 Å². The number of nitrogens with zero attached hydrogens (tertiary/aromatic N) is 1. The predicted octanol–water partition coefficient (Wildman–Crippen LogP) is 1.56. The third-order valence-electron chi connectivity index (χ3n) is 5.59. The summed E-state index contributed by atoms with van der Waals surface area (Å²) in [6.45, 7) is 0.724. The quantitative estimate of drug-likeness (QED) is 0.519. The molecular weight excluding hydrogens is 356 g/mol. The van der Waals surface area contributed by atoms with Gasteiger partial charge in [-0.2, -0.15) is 0 Å². The number of aromatic hydroxyl groups is 1. The van der Waals surface area contributed by atoms with E-state index in [0.717, 1.165) is 29.7 Å². The maximum atomic E-state index is 12.4. The largest absolute Gasteiger partial charge is 0.508 e. The van der Waals surface area contributed by atoms with Gasteiger partial charge in [-0.05, 0) is 61.1 Å². The SMILES string of the molecule is O=C(NC[C@@H](O)[C@@H]1Cc2ccc(O)cc2CN1)c1cc(NC2CCC2)ccn1. The van der Waals surface area contributed by atoms with E-state index in [2.05, 4.69) is 20.9 Å². The summed E-state index contributed by atoms with van der Waals surface area (Å²) < 4.78 is 0. The van der Waals surface area contributed by atoms with E-state index in [4.69, 9.17) is 0 Å². The fraction of sp³-hybridized carbons (Fsp3) is 0.429. The van der Waals surface area contributed by atoms with Crippen LogP contribution in [0.3, 0.4) is 0 Å². The summed E-state index contributed by atoms with van der Waals surface area (Å²) in [6, 6.07) is 9.23. The number of anilines is 1. The van der Waals surface area contributed by atoms with Gasteiger partial charge in [0.2, 0.25) is 0 Å². The molecule has 1 aromatic carbocycles. The van der Waals surface area contributed by atoms with Crippen LogP contribution in [0.25, 0.3) is 0 Å². The Hall–Kier alpha value is -2.64. The molecule has 2 aromatic rings. The Morgan fingerprint density at radius 2 is 2.11 bits per heavy atom. The van der Waals surface area contributed by atoms with Crippen molar-refractivity contribution in [1.29, 1.82) is 0 Å². The molecule has 0 spiro atoms. The van der Waals surface area contributed by atoms with E-state index in [1.807, 2.05) is 12.1 Å². The van der Waals surface area contributed by atoms with Gasteiger partial charge in [0, 0.05) is 37.1 Å². The van der Waals surface area contributed by atoms with E-state index in [-0.39, 0.29) is 24.2 Å². The zero-order chi connectivity index (χ0) is 19.5. The normalized spacial score (nSPS) is 20.0. The lowest BCUT2D eigenvalue weighted by Gasteiger charge is -2.30. The number of aliphatic hydroxyl groups excluding tert-OH is 1. The van der Waals surface area contributed by atoms with Crippen LogP contribution in [0.1, 0.15) is 40.9 Å². The molecule has 7 nitrogen and oxygen atoms in total. The zero-order valence-electron chi connectivity index (χ0n) is 15.7. The third-order valence-corrected chi connectivity index (χ3v) is 5.59. The van der Waals surface area contributed by atoms with Gasteiger partial charge in [-0.25, -0.2) is 0 Å². The highest BCUT2D eigenvalue weighted by atomic mass is 16.3. The summed E-state index contributed by atoms with van der Waals surface area (Å²) in [5, 5.41) is 29.5. The minimum Gasteiger partial charge on any atom is -0.508 e. The number of hydrogen-bond donors (Lipinski definition) is 5. The first-order chi connectivity index (χ1) is 13.6. The number of phenols is 1. The molecule has 0 bridgehead atoms. The second-order valence-corrected chi connectivity index (χ2v) is 7.62. The van der Waals surface area contributed by atoms with Crippen molar-refractivity contribution in [3.05, 3.63) is 53.3 Å². The van der Waals surface area contributed by atoms with Gasteiger partial charge in [-0.15, -0.1) is 0 Å². The first-order valence-corrected chi connectivity index (χ1v) is 9.81. The molecule has 1 aliphatic heterocycles. The lowest BCUT2D eigenvalue weighted by molar-refractivity contribution is 0.0865. The Morgan fingerprint density at radius 1 is 1.25 bits per heavy atom. The van der Waals surface area contributed by atoms with Crippen LogP contribution in [-0.2, 0) is 13.0 Å². The molecule has 0 saturated heterocycles. The summed E-state index contributed by atoms with van der Waals surface area (Å²) in [5.41, 5.74) is 3.38. The zero-order valence-corrected chi connectivity index (χ0v) is 15.7. The summed E-state index contributed by atoms with van der Waals surface area (Å²) in [4.78, 5) is 16.6. The molecule has 4 rings (SSSR count). The first-order valence-electron chi connectivity index (χ1n) is 9.81. The number of amides is 1. The Kier molecular flexibility index (Phi) is 5.45. The molecule has 1 aromatic heterocycles. The highest BCUT2D eigenvalue weighted by Gasteiger charge is 2.25. The van der Waals surface area contributed by atoms with Crippen molar-refractivity contribution in [3.8, 4) is 5.75 Å². The fourth-order valence-corrected chi connectivity index (χ4v) is 3.66. The van der Waals surface area contributed by atoms with Crippen molar-refractivity contribution in [3.63, 3.8) is 0 Å². The predicted molar refractivity (Wildman–Crippen MR) is 106 cm³/mol. The number of phenolic OH excluding ortho intramolecular Hbond substituents is 1. The fourth-order valence-electron chi connectivity index (χ4n) is 3.66. The standard InChI is InChI=1S/C21H26N4O3/c26-17-5-4-13-9-18(23-11-14(13)8-17)20(27)12-24-21(28)19-10-16(6-7-22-19)25-15-2-1-3-15/h4-8,10,15,18,20,23,26-27H,1-3,9,11-12H2,(H,22,25)(H,24,28)/t18-,20+/m0/s1. The molecule has 5 N–H and O–H groups in total. The Morgan fingerprint density at radius 3 is 2.89 bits per heavy atom. The molecule has 148 valence electrons. The third kappa shape index (κ3) is 4.26. The van der Waals surface area contributed by atoms with Gasteiger partial charge < -0.3 is 26.2 Å². The van der Waals surface area contributed by atoms with Crippen molar-refractivity contribution in [2.75, 3.05) is 11.9 Å². The van der Waals surface area contributed by atoms with Crippen LogP contribution in [0.4, 0.5) is 5.69 Å². The van der Waals surface area contributed by atoms with E-state index < -0.39 is 6.10 Å². The highest BCUT2D eigenvalue weighted by molar-refractivity contribution is 5.93. The van der Waals surface area contributed by atoms with Crippen LogP contribution in [0.15, 0.2) is 36.5 Å². The van der Waals surface area contributed by atoms with Crippen molar-refractivity contribution in [2.45, 2.75) is 50.4 Å². The number of aliphatic hydroxyl groups is 1. The molecule has 28 heavy (non-hydrogen) atoms. The number of benzene rings is 1. The van der Waals surface area contributed by atoms with Gasteiger partial charge >= 0.3 is 0 Å². The van der Waals surface area contributed by atoms with Gasteiger partial charge in [0.25, 0.3) is 5.91 Å². The molecule has 1 fully saturated rings. The Balaban J connectivity index is 1.31. The van der Waals surface area contributed by atoms with Gasteiger partial charge in [-0.3, -0.25) is 9.78 Å². The maximum absolute atomic E-state index is 12.4. The number of aromatic nitrogens is 1. The second kappa shape index (κ2) is 8.16. The van der Waals surface area contributed by atoms with Gasteiger partial charge in [0.15, 0.2) is 0 Å². The van der Waals surface area contributed by atoms with E-state index in [9.17, 15) is 15.0 Å². The first kappa shape index (κ1) is 18.7. The molecule has 0 unspecified atom stereocenters. The monoisotopic (exact) mass is 382 g/mol. The van der Waals surface area contributed by atoms with Crippen molar-refractivity contribution in [1.82, 2.24) is 15.6 Å². The van der Waals surface area contributed by atoms with Crippen LogP contribution >= 0.6 is 0 Å². The number of fused-ring (bicyclic) bond motifs is 1. The molecule has 0 radical (unpaired) electrons. The molecule has 2 atom stereocenters. The minimum atomic E-state index is -0.720. The Labute approximate surface area is 164 Å². The maximum Gasteiger partial charge on any atom is 0.270 e. The average Bonchev–Trinajstić information content (AvgIpc) is 2.68. The molecule has 1 aliphatic carbocycles. The van der Waals surface area contributed by atoms with Crippen molar-refractivity contribution in [2.24, 2.45) is 0 Å². The van der Waals surface area contributed by atoms with E-state index in [0.29, 0.717) is 24.7 Å². The number of rotatable bonds is 6. The smallest absolute Gasteiger partial charge is 0.270 e. The molecule has 1 amide bonds. The van der Waals surface area contributed by atoms with Crippen LogP contribution in [0.2, 0.25) is 0 Å². The van der Waals surface area contributed by atoms with E-state index >= 15 is 0 Å². The van der Waals surface area contributed by atoms with Gasteiger partial charge in [0.1, 0.15) is 11.4 Å². The summed E-state index contributed by atoms with van der Waals surface area (Å²) in [5.74, 6) is -0.0502. The molecular formula is C21H26N4O3. The topological polar surface area (TPSA) is 107 Å². The van der Waals surface area contributed by atoms with Crippen LogP contribution < -0.4 is 16.0 Å². The lowest BCUT2D eigenvalue weighted by Crippen LogP contribution is -2.49. The minimum absolute atomic E-state index is 0.145.